The van der Waals surface area contributed by atoms with E-state index in [0.29, 0.717) is 14.5 Å². The Bertz CT molecular complexity index is 661. The van der Waals surface area contributed by atoms with E-state index in [0.717, 1.165) is 5.52 Å². The third-order valence-electron chi connectivity index (χ3n) is 2.57. The number of halogens is 1. The Labute approximate surface area is 111 Å². The minimum absolute atomic E-state index is 0.0653. The van der Waals surface area contributed by atoms with Crippen LogP contribution in [0.5, 0.6) is 0 Å². The molecule has 1 heterocycles. The van der Waals surface area contributed by atoms with Gasteiger partial charge < -0.3 is 9.30 Å². The van der Waals surface area contributed by atoms with Crippen molar-refractivity contribution < 1.29 is 9.53 Å². The Morgan fingerprint density at radius 2 is 2.12 bits per heavy atom. The Hall–Kier alpha value is -1.37. The molecule has 0 atom stereocenters. The normalized spacial score (nSPS) is 10.5. The maximum atomic E-state index is 12.0. The van der Waals surface area contributed by atoms with Crippen molar-refractivity contribution in [3.63, 3.8) is 0 Å². The Kier molecular flexibility index (Phi) is 3.19. The molecule has 0 amide bonds. The van der Waals surface area contributed by atoms with Crippen LogP contribution in [0.1, 0.15) is 10.4 Å². The lowest BCUT2D eigenvalue weighted by Gasteiger charge is -2.07. The summed E-state index contributed by atoms with van der Waals surface area (Å²) in [5.41, 5.74) is 1.12. The van der Waals surface area contributed by atoms with Crippen LogP contribution in [-0.4, -0.2) is 17.6 Å². The predicted molar refractivity (Wildman–Crippen MR) is 73.2 cm³/mol. The van der Waals surface area contributed by atoms with Crippen molar-refractivity contribution in [3.05, 3.63) is 43.8 Å². The number of methoxy groups -OCH3 is 1. The Balaban J connectivity index is 2.81. The maximum Gasteiger partial charge on any atom is 0.337 e. The standard InChI is InChI=1S/C12H10INO3/c1-14-6-9(13)11(15)8-5-7(12(16)17-2)3-4-10(8)14/h3-6H,1-2H3. The van der Waals surface area contributed by atoms with E-state index >= 15 is 0 Å². The van der Waals surface area contributed by atoms with Crippen molar-refractivity contribution in [2.24, 2.45) is 7.05 Å². The van der Waals surface area contributed by atoms with Crippen molar-refractivity contribution in [2.75, 3.05) is 7.11 Å². The molecule has 0 aliphatic rings. The minimum atomic E-state index is -0.437. The SMILES string of the molecule is COC(=O)c1ccc2c(c1)c(=O)c(I)cn2C. The molecule has 0 saturated carbocycles. The fourth-order valence-electron chi connectivity index (χ4n) is 1.70. The molecule has 1 aromatic heterocycles. The van der Waals surface area contributed by atoms with E-state index in [1.54, 1.807) is 24.4 Å². The maximum absolute atomic E-state index is 12.0. The first-order chi connectivity index (χ1) is 8.04. The molecular weight excluding hydrogens is 333 g/mol. The van der Waals surface area contributed by atoms with Crippen molar-refractivity contribution in [1.82, 2.24) is 4.57 Å². The van der Waals surface area contributed by atoms with Crippen LogP contribution in [0, 0.1) is 3.57 Å². The molecule has 5 heteroatoms. The highest BCUT2D eigenvalue weighted by Crippen LogP contribution is 2.14. The van der Waals surface area contributed by atoms with Crippen LogP contribution in [0.15, 0.2) is 29.2 Å². The number of benzene rings is 1. The number of rotatable bonds is 1. The Morgan fingerprint density at radius 3 is 2.76 bits per heavy atom. The monoisotopic (exact) mass is 343 g/mol. The van der Waals surface area contributed by atoms with Crippen molar-refractivity contribution in [3.8, 4) is 0 Å². The average molecular weight is 343 g/mol. The second-order valence-electron chi connectivity index (χ2n) is 3.64. The van der Waals surface area contributed by atoms with Gasteiger partial charge in [-0.1, -0.05) is 0 Å². The average Bonchev–Trinajstić information content (AvgIpc) is 2.34. The highest BCUT2D eigenvalue weighted by molar-refractivity contribution is 14.1. The summed E-state index contributed by atoms with van der Waals surface area (Å²) >= 11 is 1.99. The molecular formula is C12H10INO3. The van der Waals surface area contributed by atoms with E-state index in [-0.39, 0.29) is 5.43 Å². The number of hydrogen-bond acceptors (Lipinski definition) is 3. The van der Waals surface area contributed by atoms with Crippen LogP contribution in [0.4, 0.5) is 0 Å². The van der Waals surface area contributed by atoms with Crippen LogP contribution in [0.3, 0.4) is 0 Å². The fourth-order valence-corrected chi connectivity index (χ4v) is 2.41. The lowest BCUT2D eigenvalue weighted by Crippen LogP contribution is -2.12. The van der Waals surface area contributed by atoms with Gasteiger partial charge in [-0.25, -0.2) is 4.79 Å². The summed E-state index contributed by atoms with van der Waals surface area (Å²) in [5, 5.41) is 0.530. The van der Waals surface area contributed by atoms with Crippen LogP contribution >= 0.6 is 22.6 Å². The molecule has 0 bridgehead atoms. The molecule has 0 aliphatic heterocycles. The van der Waals surface area contributed by atoms with Crippen LogP contribution in [0.2, 0.25) is 0 Å². The van der Waals surface area contributed by atoms with Crippen molar-refractivity contribution in [2.45, 2.75) is 0 Å². The number of ether oxygens (including phenoxy) is 1. The summed E-state index contributed by atoms with van der Waals surface area (Å²) in [5.74, 6) is -0.437. The predicted octanol–water partition coefficient (Wildman–Crippen LogP) is 1.93. The van der Waals surface area contributed by atoms with Gasteiger partial charge in [0.2, 0.25) is 5.43 Å². The molecule has 0 saturated heterocycles. The van der Waals surface area contributed by atoms with Gasteiger partial charge >= 0.3 is 5.97 Å². The van der Waals surface area contributed by atoms with Crippen LogP contribution < -0.4 is 5.43 Å². The number of aromatic nitrogens is 1. The molecule has 0 fully saturated rings. The van der Waals surface area contributed by atoms with E-state index in [2.05, 4.69) is 4.74 Å². The summed E-state index contributed by atoms with van der Waals surface area (Å²) < 4.78 is 7.12. The molecule has 88 valence electrons. The first-order valence-electron chi connectivity index (χ1n) is 4.92. The van der Waals surface area contributed by atoms with Gasteiger partial charge in [0.1, 0.15) is 0 Å². The number of aryl methyl sites for hydroxylation is 1. The fraction of sp³-hybridized carbons (Fsp3) is 0.167. The van der Waals surface area contributed by atoms with Crippen molar-refractivity contribution >= 4 is 39.5 Å². The van der Waals surface area contributed by atoms with Gasteiger partial charge in [0.25, 0.3) is 0 Å². The molecule has 0 radical (unpaired) electrons. The highest BCUT2D eigenvalue weighted by atomic mass is 127. The largest absolute Gasteiger partial charge is 0.465 e. The van der Waals surface area contributed by atoms with Crippen LogP contribution in [-0.2, 0) is 11.8 Å². The van der Waals surface area contributed by atoms with E-state index in [1.807, 2.05) is 34.2 Å². The second kappa shape index (κ2) is 4.48. The molecule has 0 N–H and O–H groups in total. The molecule has 2 aromatic rings. The molecule has 0 aliphatic carbocycles. The molecule has 4 nitrogen and oxygen atoms in total. The van der Waals surface area contributed by atoms with Gasteiger partial charge in [0, 0.05) is 18.6 Å². The summed E-state index contributed by atoms with van der Waals surface area (Å²) in [7, 11) is 3.18. The first kappa shape index (κ1) is 12.1. The molecule has 17 heavy (non-hydrogen) atoms. The number of hydrogen-bond donors (Lipinski definition) is 0. The third kappa shape index (κ3) is 2.06. The number of carbonyl (C=O) groups excluding carboxylic acids is 1. The van der Waals surface area contributed by atoms with Gasteiger partial charge in [-0.3, -0.25) is 4.79 Å². The molecule has 2 rings (SSSR count). The third-order valence-corrected chi connectivity index (χ3v) is 3.33. The zero-order valence-corrected chi connectivity index (χ0v) is 11.5. The lowest BCUT2D eigenvalue weighted by atomic mass is 10.1. The van der Waals surface area contributed by atoms with E-state index < -0.39 is 5.97 Å². The van der Waals surface area contributed by atoms with Crippen LogP contribution in [0.25, 0.3) is 10.9 Å². The molecule has 1 aromatic carbocycles. The van der Waals surface area contributed by atoms with Gasteiger partial charge in [-0.2, -0.15) is 0 Å². The van der Waals surface area contributed by atoms with E-state index in [1.165, 1.54) is 7.11 Å². The number of esters is 1. The van der Waals surface area contributed by atoms with Gasteiger partial charge in [-0.05, 0) is 40.8 Å². The summed E-state index contributed by atoms with van der Waals surface area (Å²) in [4.78, 5) is 23.4. The quantitative estimate of drug-likeness (QED) is 0.587. The van der Waals surface area contributed by atoms with Gasteiger partial charge in [0.15, 0.2) is 0 Å². The topological polar surface area (TPSA) is 48.3 Å². The molecule has 0 unspecified atom stereocenters. The number of carbonyl (C=O) groups is 1. The smallest absolute Gasteiger partial charge is 0.337 e. The number of nitrogens with zero attached hydrogens (tertiary/aromatic N) is 1. The van der Waals surface area contributed by atoms with Crippen molar-refractivity contribution in [1.29, 1.82) is 0 Å². The van der Waals surface area contributed by atoms with Gasteiger partial charge in [0.05, 0.1) is 21.8 Å². The first-order valence-corrected chi connectivity index (χ1v) is 5.99. The summed E-state index contributed by atoms with van der Waals surface area (Å²) in [6.45, 7) is 0. The molecule has 0 spiro atoms. The summed E-state index contributed by atoms with van der Waals surface area (Å²) in [6, 6.07) is 4.98. The zero-order valence-electron chi connectivity index (χ0n) is 9.36. The summed E-state index contributed by atoms with van der Waals surface area (Å²) in [6.07, 6.45) is 1.77. The van der Waals surface area contributed by atoms with E-state index in [9.17, 15) is 9.59 Å². The minimum Gasteiger partial charge on any atom is -0.465 e. The zero-order chi connectivity index (χ0) is 12.6. The highest BCUT2D eigenvalue weighted by Gasteiger charge is 2.10. The lowest BCUT2D eigenvalue weighted by molar-refractivity contribution is 0.0601. The Morgan fingerprint density at radius 1 is 1.41 bits per heavy atom. The second-order valence-corrected chi connectivity index (χ2v) is 4.80. The number of pyridine rings is 1. The van der Waals surface area contributed by atoms with E-state index in [4.69, 9.17) is 0 Å². The number of fused-ring (bicyclic) bond motifs is 1. The van der Waals surface area contributed by atoms with Gasteiger partial charge in [-0.15, -0.1) is 0 Å².